The lowest BCUT2D eigenvalue weighted by Gasteiger charge is -2.42. The number of tetrazole rings is 1. The van der Waals surface area contributed by atoms with Gasteiger partial charge < -0.3 is 10.0 Å². The summed E-state index contributed by atoms with van der Waals surface area (Å²) in [6, 6.07) is 3.74. The van der Waals surface area contributed by atoms with Crippen LogP contribution in [-0.4, -0.2) is 49.6 Å². The van der Waals surface area contributed by atoms with E-state index in [0.717, 1.165) is 18.8 Å². The monoisotopic (exact) mass is 276 g/mol. The first kappa shape index (κ1) is 13.2. The van der Waals surface area contributed by atoms with Crippen LogP contribution >= 0.6 is 0 Å². The molecule has 3 heterocycles. The largest absolute Gasteiger partial charge is 0.391 e. The number of aromatic nitrogens is 5. The van der Waals surface area contributed by atoms with Gasteiger partial charge in [-0.25, -0.2) is 0 Å². The van der Waals surface area contributed by atoms with Crippen LogP contribution in [0, 0.1) is 11.3 Å². The van der Waals surface area contributed by atoms with Crippen LogP contribution in [0.3, 0.4) is 0 Å². The SMILES string of the molecule is CC(C)(C)[C@@H]1CCN(c2ccc3nnnn3n2)C[C@H]1O. The Labute approximate surface area is 117 Å². The van der Waals surface area contributed by atoms with Gasteiger partial charge in [0.15, 0.2) is 11.5 Å². The van der Waals surface area contributed by atoms with Crippen molar-refractivity contribution in [1.29, 1.82) is 0 Å². The van der Waals surface area contributed by atoms with Gasteiger partial charge in [0.2, 0.25) is 0 Å². The molecular weight excluding hydrogens is 256 g/mol. The van der Waals surface area contributed by atoms with E-state index in [1.807, 2.05) is 12.1 Å². The second-order valence-electron chi connectivity index (χ2n) is 6.49. The average molecular weight is 276 g/mol. The van der Waals surface area contributed by atoms with Gasteiger partial charge in [0.05, 0.1) is 6.10 Å². The lowest BCUT2D eigenvalue weighted by atomic mass is 9.74. The topological polar surface area (TPSA) is 79.4 Å². The number of nitrogens with zero attached hydrogens (tertiary/aromatic N) is 6. The van der Waals surface area contributed by atoms with E-state index in [9.17, 15) is 5.11 Å². The number of hydrogen-bond donors (Lipinski definition) is 1. The predicted octanol–water partition coefficient (Wildman–Crippen LogP) is 0.753. The summed E-state index contributed by atoms with van der Waals surface area (Å²) in [7, 11) is 0. The normalized spacial score (nSPS) is 24.3. The van der Waals surface area contributed by atoms with Crippen molar-refractivity contribution in [3.8, 4) is 0 Å². The third kappa shape index (κ3) is 2.33. The summed E-state index contributed by atoms with van der Waals surface area (Å²) in [5.74, 6) is 1.12. The van der Waals surface area contributed by atoms with E-state index in [-0.39, 0.29) is 11.5 Å². The predicted molar refractivity (Wildman–Crippen MR) is 74.4 cm³/mol. The maximum atomic E-state index is 10.4. The Hall–Kier alpha value is -1.76. The number of piperidine rings is 1. The molecule has 1 N–H and O–H groups in total. The molecule has 1 saturated heterocycles. The Kier molecular flexibility index (Phi) is 3.08. The lowest BCUT2D eigenvalue weighted by molar-refractivity contribution is 0.0291. The van der Waals surface area contributed by atoms with Crippen LogP contribution in [-0.2, 0) is 0 Å². The first-order valence-electron chi connectivity index (χ1n) is 6.93. The van der Waals surface area contributed by atoms with Gasteiger partial charge in [-0.2, -0.15) is 0 Å². The second-order valence-corrected chi connectivity index (χ2v) is 6.49. The van der Waals surface area contributed by atoms with Gasteiger partial charge in [-0.15, -0.1) is 14.8 Å². The van der Waals surface area contributed by atoms with E-state index in [1.54, 1.807) is 0 Å². The average Bonchev–Trinajstić information content (AvgIpc) is 2.84. The van der Waals surface area contributed by atoms with E-state index in [0.29, 0.717) is 18.1 Å². The molecule has 0 saturated carbocycles. The summed E-state index contributed by atoms with van der Waals surface area (Å²) in [5, 5.41) is 26.0. The third-order valence-electron chi connectivity index (χ3n) is 4.07. The summed E-state index contributed by atoms with van der Waals surface area (Å²) in [6.45, 7) is 8.04. The highest BCUT2D eigenvalue weighted by Crippen LogP contribution is 2.35. The zero-order valence-electron chi connectivity index (χ0n) is 12.1. The van der Waals surface area contributed by atoms with Crippen molar-refractivity contribution in [2.24, 2.45) is 11.3 Å². The molecular formula is C13H20N6O. The summed E-state index contributed by atoms with van der Waals surface area (Å²) in [6.07, 6.45) is 0.620. The number of rotatable bonds is 1. The Morgan fingerprint density at radius 1 is 1.30 bits per heavy atom. The molecule has 2 aromatic rings. The molecule has 7 nitrogen and oxygen atoms in total. The number of fused-ring (bicyclic) bond motifs is 1. The van der Waals surface area contributed by atoms with Crippen molar-refractivity contribution < 1.29 is 5.11 Å². The summed E-state index contributed by atoms with van der Waals surface area (Å²) < 4.78 is 1.41. The maximum Gasteiger partial charge on any atom is 0.200 e. The molecule has 1 aliphatic rings. The highest BCUT2D eigenvalue weighted by molar-refractivity contribution is 5.44. The highest BCUT2D eigenvalue weighted by atomic mass is 16.3. The van der Waals surface area contributed by atoms with E-state index in [4.69, 9.17) is 0 Å². The minimum Gasteiger partial charge on any atom is -0.391 e. The van der Waals surface area contributed by atoms with Gasteiger partial charge in [0.1, 0.15) is 0 Å². The zero-order valence-corrected chi connectivity index (χ0v) is 12.1. The minimum atomic E-state index is -0.338. The van der Waals surface area contributed by atoms with Crippen molar-refractivity contribution in [3.05, 3.63) is 12.1 Å². The standard InChI is InChI=1S/C13H20N6O/c1-13(2,3)9-6-7-18(8-10(9)20)12-5-4-11-14-16-17-19(11)15-12/h4-5,9-10,20H,6-8H2,1-3H3/t9-,10-/m1/s1. The Bertz CT molecular complexity index is 604. The van der Waals surface area contributed by atoms with Crippen molar-refractivity contribution >= 4 is 11.5 Å². The first-order valence-corrected chi connectivity index (χ1v) is 6.93. The van der Waals surface area contributed by atoms with Gasteiger partial charge in [0.25, 0.3) is 0 Å². The fourth-order valence-electron chi connectivity index (χ4n) is 2.96. The summed E-state index contributed by atoms with van der Waals surface area (Å²) >= 11 is 0. The number of anilines is 1. The molecule has 108 valence electrons. The molecule has 1 fully saturated rings. The van der Waals surface area contributed by atoms with Crippen LogP contribution in [0.2, 0.25) is 0 Å². The molecule has 0 spiro atoms. The maximum absolute atomic E-state index is 10.4. The summed E-state index contributed by atoms with van der Waals surface area (Å²) in [4.78, 5) is 2.09. The number of aliphatic hydroxyl groups excluding tert-OH is 1. The van der Waals surface area contributed by atoms with Crippen LogP contribution in [0.4, 0.5) is 5.82 Å². The van der Waals surface area contributed by atoms with E-state index in [1.165, 1.54) is 4.63 Å². The van der Waals surface area contributed by atoms with Gasteiger partial charge in [0, 0.05) is 13.1 Å². The first-order chi connectivity index (χ1) is 9.45. The molecule has 1 aliphatic heterocycles. The molecule has 0 aromatic carbocycles. The third-order valence-corrected chi connectivity index (χ3v) is 4.07. The highest BCUT2D eigenvalue weighted by Gasteiger charge is 2.36. The molecule has 2 aromatic heterocycles. The van der Waals surface area contributed by atoms with Gasteiger partial charge in [-0.3, -0.25) is 0 Å². The molecule has 3 rings (SSSR count). The molecule has 7 heteroatoms. The van der Waals surface area contributed by atoms with Crippen molar-refractivity contribution in [2.75, 3.05) is 18.0 Å². The van der Waals surface area contributed by atoms with Crippen LogP contribution in [0.1, 0.15) is 27.2 Å². The molecule has 2 atom stereocenters. The molecule has 0 radical (unpaired) electrons. The van der Waals surface area contributed by atoms with Crippen LogP contribution in [0.15, 0.2) is 12.1 Å². The molecule has 0 unspecified atom stereocenters. The second kappa shape index (κ2) is 4.66. The molecule has 0 bridgehead atoms. The summed E-state index contributed by atoms with van der Waals surface area (Å²) in [5.41, 5.74) is 0.748. The van der Waals surface area contributed by atoms with E-state index in [2.05, 4.69) is 46.3 Å². The zero-order chi connectivity index (χ0) is 14.3. The van der Waals surface area contributed by atoms with Gasteiger partial charge in [-0.05, 0) is 40.3 Å². The minimum absolute atomic E-state index is 0.124. The lowest BCUT2D eigenvalue weighted by Crippen LogP contribution is -2.48. The fourth-order valence-corrected chi connectivity index (χ4v) is 2.96. The fraction of sp³-hybridized carbons (Fsp3) is 0.692. The van der Waals surface area contributed by atoms with Crippen LogP contribution in [0.25, 0.3) is 5.65 Å². The van der Waals surface area contributed by atoms with Crippen molar-refractivity contribution in [1.82, 2.24) is 25.3 Å². The molecule has 20 heavy (non-hydrogen) atoms. The van der Waals surface area contributed by atoms with Crippen LogP contribution < -0.4 is 4.90 Å². The Morgan fingerprint density at radius 2 is 2.10 bits per heavy atom. The number of aliphatic hydroxyl groups is 1. The molecule has 0 amide bonds. The van der Waals surface area contributed by atoms with Crippen LogP contribution in [0.5, 0.6) is 0 Å². The number of hydrogen-bond acceptors (Lipinski definition) is 6. The Morgan fingerprint density at radius 3 is 2.80 bits per heavy atom. The van der Waals surface area contributed by atoms with Gasteiger partial charge >= 0.3 is 0 Å². The quantitative estimate of drug-likeness (QED) is 0.828. The van der Waals surface area contributed by atoms with E-state index < -0.39 is 0 Å². The van der Waals surface area contributed by atoms with Gasteiger partial charge in [-0.1, -0.05) is 20.8 Å². The molecule has 0 aliphatic carbocycles. The number of β-amino-alcohol motifs (C(OH)–C–C–N with tert-alkyl or cyclic N) is 1. The van der Waals surface area contributed by atoms with Crippen molar-refractivity contribution in [2.45, 2.75) is 33.3 Å². The van der Waals surface area contributed by atoms with Crippen molar-refractivity contribution in [3.63, 3.8) is 0 Å². The Balaban J connectivity index is 1.79. The van der Waals surface area contributed by atoms with E-state index >= 15 is 0 Å². The smallest absolute Gasteiger partial charge is 0.200 e.